The van der Waals surface area contributed by atoms with Crippen molar-refractivity contribution in [1.82, 2.24) is 10.7 Å². The number of carbonyl (C=O) groups is 3. The lowest BCUT2D eigenvalue weighted by Gasteiger charge is -2.13. The number of nitrogens with zero attached hydrogens (tertiary/aromatic N) is 1. The number of halogens is 1. The van der Waals surface area contributed by atoms with E-state index in [9.17, 15) is 14.4 Å². The summed E-state index contributed by atoms with van der Waals surface area (Å²) in [5.74, 6) is -1.26. The van der Waals surface area contributed by atoms with E-state index in [4.69, 9.17) is 25.5 Å². The van der Waals surface area contributed by atoms with Crippen LogP contribution in [-0.2, 0) is 20.9 Å². The van der Waals surface area contributed by atoms with Gasteiger partial charge in [0.05, 0.1) is 31.2 Å². The van der Waals surface area contributed by atoms with Crippen LogP contribution >= 0.6 is 11.6 Å². The van der Waals surface area contributed by atoms with Crippen LogP contribution in [0.15, 0.2) is 64.3 Å². The topological polar surface area (TPSA) is 131 Å². The largest absolute Gasteiger partial charge is 0.493 e. The fourth-order valence-corrected chi connectivity index (χ4v) is 3.08. The van der Waals surface area contributed by atoms with Crippen LogP contribution in [0.1, 0.15) is 16.9 Å². The smallest absolute Gasteiger partial charge is 0.329 e. The maximum absolute atomic E-state index is 12.2. The number of anilines is 1. The molecule has 0 aliphatic carbocycles. The molecule has 0 aliphatic heterocycles. The number of furan rings is 1. The number of amides is 3. The van der Waals surface area contributed by atoms with Gasteiger partial charge in [0.2, 0.25) is 0 Å². The first-order valence-corrected chi connectivity index (χ1v) is 10.7. The first kappa shape index (κ1) is 25.3. The minimum absolute atomic E-state index is 0.0697. The molecule has 3 rings (SSSR count). The Hall–Kier alpha value is -4.31. The van der Waals surface area contributed by atoms with Crippen molar-refractivity contribution in [3.8, 4) is 11.5 Å². The fraction of sp³-hybridized carbons (Fsp3) is 0.167. The predicted octanol–water partition coefficient (Wildman–Crippen LogP) is 3.03. The molecule has 1 aromatic heterocycles. The van der Waals surface area contributed by atoms with Crippen LogP contribution in [0.4, 0.5) is 5.69 Å². The summed E-state index contributed by atoms with van der Waals surface area (Å²) >= 11 is 6.30. The van der Waals surface area contributed by atoms with Gasteiger partial charge in [-0.3, -0.25) is 14.4 Å². The minimum Gasteiger partial charge on any atom is -0.493 e. The van der Waals surface area contributed by atoms with Gasteiger partial charge in [0.1, 0.15) is 5.76 Å². The molecule has 3 N–H and O–H groups in total. The first-order chi connectivity index (χ1) is 16.9. The average molecular weight is 499 g/mol. The van der Waals surface area contributed by atoms with Gasteiger partial charge in [-0.05, 0) is 48.9 Å². The lowest BCUT2D eigenvalue weighted by atomic mass is 10.2. The number of hydrogen-bond acceptors (Lipinski definition) is 7. The third-order valence-electron chi connectivity index (χ3n) is 4.52. The number of methoxy groups -OCH3 is 1. The first-order valence-electron chi connectivity index (χ1n) is 10.4. The Kier molecular flexibility index (Phi) is 8.85. The molecule has 0 radical (unpaired) electrons. The van der Waals surface area contributed by atoms with Gasteiger partial charge in [-0.1, -0.05) is 29.3 Å². The van der Waals surface area contributed by atoms with E-state index in [-0.39, 0.29) is 35.6 Å². The van der Waals surface area contributed by atoms with Crippen LogP contribution in [0, 0.1) is 6.92 Å². The number of hydrogen-bond donors (Lipinski definition) is 3. The van der Waals surface area contributed by atoms with Gasteiger partial charge in [0.15, 0.2) is 18.1 Å². The van der Waals surface area contributed by atoms with Crippen LogP contribution < -0.4 is 25.5 Å². The summed E-state index contributed by atoms with van der Waals surface area (Å²) in [7, 11) is 1.41. The molecule has 0 aliphatic rings. The second-order valence-corrected chi connectivity index (χ2v) is 7.61. The zero-order chi connectivity index (χ0) is 25.2. The molecule has 0 spiro atoms. The monoisotopic (exact) mass is 498 g/mol. The van der Waals surface area contributed by atoms with E-state index in [0.29, 0.717) is 17.0 Å². The SMILES string of the molecule is COc1cc(/C=N\NC(=O)C(=O)NCc2ccco2)cc(Cl)c1OCC(=O)Nc1ccc(C)cc1. The second kappa shape index (κ2) is 12.2. The second-order valence-electron chi connectivity index (χ2n) is 7.20. The molecular formula is C24H23ClN4O6. The molecule has 0 saturated heterocycles. The van der Waals surface area contributed by atoms with Crippen LogP contribution in [0.5, 0.6) is 11.5 Å². The lowest BCUT2D eigenvalue weighted by Crippen LogP contribution is -2.37. The van der Waals surface area contributed by atoms with Crippen LogP contribution in [-0.4, -0.2) is 37.7 Å². The highest BCUT2D eigenvalue weighted by molar-refractivity contribution is 6.35. The third kappa shape index (κ3) is 7.61. The van der Waals surface area contributed by atoms with Crippen LogP contribution in [0.3, 0.4) is 0 Å². The van der Waals surface area contributed by atoms with Gasteiger partial charge in [0, 0.05) is 5.69 Å². The third-order valence-corrected chi connectivity index (χ3v) is 4.80. The number of aryl methyl sites for hydroxylation is 1. The van der Waals surface area contributed by atoms with Crippen molar-refractivity contribution in [2.75, 3.05) is 19.0 Å². The highest BCUT2D eigenvalue weighted by atomic mass is 35.5. The number of rotatable bonds is 9. The molecule has 0 saturated carbocycles. The van der Waals surface area contributed by atoms with Crippen molar-refractivity contribution in [2.24, 2.45) is 5.10 Å². The van der Waals surface area contributed by atoms with Gasteiger partial charge in [-0.25, -0.2) is 5.43 Å². The Morgan fingerprint density at radius 1 is 1.11 bits per heavy atom. The minimum atomic E-state index is -0.953. The summed E-state index contributed by atoms with van der Waals surface area (Å²) in [6.45, 7) is 1.73. The molecule has 3 aromatic rings. The molecule has 1 heterocycles. The van der Waals surface area contributed by atoms with Crippen LogP contribution in [0.2, 0.25) is 5.02 Å². The normalized spacial score (nSPS) is 10.6. The van der Waals surface area contributed by atoms with Gasteiger partial charge >= 0.3 is 11.8 Å². The Balaban J connectivity index is 1.54. The van der Waals surface area contributed by atoms with Gasteiger partial charge in [-0.2, -0.15) is 5.10 Å². The van der Waals surface area contributed by atoms with Crippen molar-refractivity contribution in [2.45, 2.75) is 13.5 Å². The standard InChI is InChI=1S/C24H23ClN4O6/c1-15-5-7-17(8-6-15)28-21(30)14-35-22-19(25)10-16(11-20(22)33-2)12-27-29-24(32)23(31)26-13-18-4-3-9-34-18/h3-12H,13-14H2,1-2H3,(H,26,31)(H,28,30)(H,29,32)/b27-12-. The molecular weight excluding hydrogens is 476 g/mol. The average Bonchev–Trinajstić information content (AvgIpc) is 3.36. The lowest BCUT2D eigenvalue weighted by molar-refractivity contribution is -0.139. The fourth-order valence-electron chi connectivity index (χ4n) is 2.80. The van der Waals surface area contributed by atoms with E-state index < -0.39 is 11.8 Å². The van der Waals surface area contributed by atoms with Gasteiger partial charge < -0.3 is 24.5 Å². The molecule has 0 atom stereocenters. The zero-order valence-electron chi connectivity index (χ0n) is 19.0. The molecule has 35 heavy (non-hydrogen) atoms. The molecule has 0 unspecified atom stereocenters. The van der Waals surface area contributed by atoms with Crippen molar-refractivity contribution >= 4 is 41.2 Å². The summed E-state index contributed by atoms with van der Waals surface area (Å²) in [6.07, 6.45) is 2.74. The summed E-state index contributed by atoms with van der Waals surface area (Å²) in [5, 5.41) is 9.04. The molecule has 2 aromatic carbocycles. The van der Waals surface area contributed by atoms with Crippen molar-refractivity contribution in [3.05, 3.63) is 76.7 Å². The number of hydrazone groups is 1. The van der Waals surface area contributed by atoms with E-state index in [0.717, 1.165) is 5.56 Å². The quantitative estimate of drug-likeness (QED) is 0.236. The van der Waals surface area contributed by atoms with E-state index in [1.165, 1.54) is 25.7 Å². The predicted molar refractivity (Wildman–Crippen MR) is 130 cm³/mol. The van der Waals surface area contributed by atoms with E-state index in [1.54, 1.807) is 30.3 Å². The zero-order valence-corrected chi connectivity index (χ0v) is 19.7. The van der Waals surface area contributed by atoms with Crippen molar-refractivity contribution in [3.63, 3.8) is 0 Å². The van der Waals surface area contributed by atoms with Crippen molar-refractivity contribution in [1.29, 1.82) is 0 Å². The van der Waals surface area contributed by atoms with E-state index in [2.05, 4.69) is 21.2 Å². The summed E-state index contributed by atoms with van der Waals surface area (Å²) in [5.41, 5.74) is 4.30. The van der Waals surface area contributed by atoms with E-state index in [1.807, 2.05) is 19.1 Å². The Labute approximate surface area is 206 Å². The Morgan fingerprint density at radius 2 is 1.89 bits per heavy atom. The van der Waals surface area contributed by atoms with Gasteiger partial charge in [0.25, 0.3) is 5.91 Å². The Morgan fingerprint density at radius 3 is 2.57 bits per heavy atom. The highest BCUT2D eigenvalue weighted by Gasteiger charge is 2.15. The van der Waals surface area contributed by atoms with Crippen LogP contribution in [0.25, 0.3) is 0 Å². The molecule has 3 amide bonds. The van der Waals surface area contributed by atoms with E-state index >= 15 is 0 Å². The summed E-state index contributed by atoms with van der Waals surface area (Å²) in [6, 6.07) is 13.7. The number of benzene rings is 2. The number of ether oxygens (including phenoxy) is 2. The molecule has 182 valence electrons. The Bertz CT molecular complexity index is 1210. The number of nitrogens with one attached hydrogen (secondary N) is 3. The molecule has 11 heteroatoms. The van der Waals surface area contributed by atoms with Gasteiger partial charge in [-0.15, -0.1) is 0 Å². The molecule has 0 fully saturated rings. The maximum Gasteiger partial charge on any atom is 0.329 e. The molecule has 0 bridgehead atoms. The summed E-state index contributed by atoms with van der Waals surface area (Å²) in [4.78, 5) is 35.9. The summed E-state index contributed by atoms with van der Waals surface area (Å²) < 4.78 is 15.9. The highest BCUT2D eigenvalue weighted by Crippen LogP contribution is 2.36. The molecule has 10 nitrogen and oxygen atoms in total. The maximum atomic E-state index is 12.2. The number of carbonyl (C=O) groups excluding carboxylic acids is 3. The van der Waals surface area contributed by atoms with Crippen molar-refractivity contribution < 1.29 is 28.3 Å².